The summed E-state index contributed by atoms with van der Waals surface area (Å²) in [4.78, 5) is 11.7. The number of fused-ring (bicyclic) bond motifs is 5. The van der Waals surface area contributed by atoms with Crippen molar-refractivity contribution in [1.82, 2.24) is 0 Å². The summed E-state index contributed by atoms with van der Waals surface area (Å²) < 4.78 is 10.4. The molecule has 3 aliphatic carbocycles. The Balaban J connectivity index is 1.64. The number of methoxy groups -OCH3 is 1. The van der Waals surface area contributed by atoms with E-state index >= 15 is 0 Å². The van der Waals surface area contributed by atoms with E-state index in [1.165, 1.54) is 18.2 Å². The number of benzene rings is 1. The number of phenolic OH excluding ortho intramolecular Hbond substituents is 1. The highest BCUT2D eigenvalue weighted by Crippen LogP contribution is 2.62. The van der Waals surface area contributed by atoms with E-state index in [1.807, 2.05) is 12.1 Å². The van der Waals surface area contributed by atoms with Crippen LogP contribution in [-0.2, 0) is 15.9 Å². The summed E-state index contributed by atoms with van der Waals surface area (Å²) in [6, 6.07) is 5.92. The molecule has 4 heteroatoms. The van der Waals surface area contributed by atoms with Gasteiger partial charge >= 0.3 is 6.16 Å². The molecular formula is C21H28O4. The molecule has 2 saturated carbocycles. The van der Waals surface area contributed by atoms with E-state index in [4.69, 9.17) is 9.47 Å². The number of ether oxygens (including phenoxy) is 2. The predicted octanol–water partition coefficient (Wildman–Crippen LogP) is 4.65. The van der Waals surface area contributed by atoms with Crippen LogP contribution in [0.15, 0.2) is 18.2 Å². The van der Waals surface area contributed by atoms with E-state index in [-0.39, 0.29) is 11.5 Å². The molecule has 2 fully saturated rings. The second-order valence-electron chi connectivity index (χ2n) is 8.54. The number of hydrogen-bond donors (Lipinski definition) is 1. The van der Waals surface area contributed by atoms with Crippen molar-refractivity contribution in [3.05, 3.63) is 29.3 Å². The third-order valence-electron chi connectivity index (χ3n) is 7.38. The Kier molecular flexibility index (Phi) is 3.97. The van der Waals surface area contributed by atoms with Gasteiger partial charge in [0, 0.05) is 5.41 Å². The van der Waals surface area contributed by atoms with Gasteiger partial charge in [-0.05, 0) is 79.0 Å². The standard InChI is InChI=1S/C21H28O4/c1-12-10-13-11-14(22)4-5-15(13)16-8-9-21(2)17(19(12)16)6-7-18(21)25-20(23)24-3/h4-5,11-12,16-19,22H,6-10H2,1-3H3. The first-order chi connectivity index (χ1) is 11.9. The number of hydrogen-bond acceptors (Lipinski definition) is 4. The molecule has 4 rings (SSSR count). The van der Waals surface area contributed by atoms with E-state index < -0.39 is 6.16 Å². The summed E-state index contributed by atoms with van der Waals surface area (Å²) in [7, 11) is 1.38. The molecule has 6 atom stereocenters. The fraction of sp³-hybridized carbons (Fsp3) is 0.667. The Hall–Kier alpha value is -1.71. The topological polar surface area (TPSA) is 55.8 Å². The van der Waals surface area contributed by atoms with Gasteiger partial charge in [-0.2, -0.15) is 0 Å². The fourth-order valence-electron chi connectivity index (χ4n) is 6.27. The first-order valence-corrected chi connectivity index (χ1v) is 9.50. The zero-order valence-corrected chi connectivity index (χ0v) is 15.3. The van der Waals surface area contributed by atoms with Gasteiger partial charge < -0.3 is 14.6 Å². The van der Waals surface area contributed by atoms with Crippen molar-refractivity contribution in [3.8, 4) is 5.75 Å². The summed E-state index contributed by atoms with van der Waals surface area (Å²) in [5, 5.41) is 9.84. The molecule has 0 saturated heterocycles. The van der Waals surface area contributed by atoms with Gasteiger partial charge in [0.25, 0.3) is 0 Å². The van der Waals surface area contributed by atoms with Crippen LogP contribution in [0.4, 0.5) is 4.79 Å². The second-order valence-corrected chi connectivity index (χ2v) is 8.54. The van der Waals surface area contributed by atoms with Crippen LogP contribution in [0.1, 0.15) is 56.6 Å². The second kappa shape index (κ2) is 5.93. The van der Waals surface area contributed by atoms with Crippen LogP contribution in [0.3, 0.4) is 0 Å². The lowest BCUT2D eigenvalue weighted by atomic mass is 9.53. The summed E-state index contributed by atoms with van der Waals surface area (Å²) in [5.41, 5.74) is 2.80. The van der Waals surface area contributed by atoms with Gasteiger partial charge in [0.2, 0.25) is 0 Å². The van der Waals surface area contributed by atoms with Crippen LogP contribution in [0.2, 0.25) is 0 Å². The first-order valence-electron chi connectivity index (χ1n) is 9.50. The maximum atomic E-state index is 11.7. The third kappa shape index (κ3) is 2.52. The molecule has 136 valence electrons. The Bertz CT molecular complexity index is 684. The van der Waals surface area contributed by atoms with E-state index in [0.29, 0.717) is 29.4 Å². The molecular weight excluding hydrogens is 316 g/mol. The maximum Gasteiger partial charge on any atom is 0.508 e. The summed E-state index contributed by atoms with van der Waals surface area (Å²) in [6.07, 6.45) is 4.71. The van der Waals surface area contributed by atoms with Crippen LogP contribution in [0.25, 0.3) is 0 Å². The highest BCUT2D eigenvalue weighted by molar-refractivity contribution is 5.60. The number of carbonyl (C=O) groups is 1. The Labute approximate surface area is 149 Å². The molecule has 0 bridgehead atoms. The van der Waals surface area contributed by atoms with Gasteiger partial charge in [-0.25, -0.2) is 4.79 Å². The largest absolute Gasteiger partial charge is 0.508 e. The molecule has 6 unspecified atom stereocenters. The summed E-state index contributed by atoms with van der Waals surface area (Å²) >= 11 is 0. The number of phenols is 1. The molecule has 25 heavy (non-hydrogen) atoms. The zero-order chi connectivity index (χ0) is 17.8. The van der Waals surface area contributed by atoms with Crippen molar-refractivity contribution in [3.63, 3.8) is 0 Å². The van der Waals surface area contributed by atoms with Gasteiger partial charge in [0.1, 0.15) is 11.9 Å². The predicted molar refractivity (Wildman–Crippen MR) is 94.5 cm³/mol. The van der Waals surface area contributed by atoms with Crippen molar-refractivity contribution in [2.75, 3.05) is 7.11 Å². The molecule has 0 aromatic heterocycles. The van der Waals surface area contributed by atoms with Crippen LogP contribution in [0, 0.1) is 23.2 Å². The van der Waals surface area contributed by atoms with E-state index in [2.05, 4.69) is 19.9 Å². The van der Waals surface area contributed by atoms with Gasteiger partial charge in [0.15, 0.2) is 0 Å². The molecule has 1 N–H and O–H groups in total. The van der Waals surface area contributed by atoms with E-state index in [1.54, 1.807) is 0 Å². The smallest absolute Gasteiger partial charge is 0.508 e. The monoisotopic (exact) mass is 344 g/mol. The fourth-order valence-corrected chi connectivity index (χ4v) is 6.27. The quantitative estimate of drug-likeness (QED) is 0.754. The Morgan fingerprint density at radius 3 is 2.84 bits per heavy atom. The minimum Gasteiger partial charge on any atom is -0.508 e. The molecule has 3 aliphatic rings. The average Bonchev–Trinajstić information content (AvgIpc) is 2.90. The molecule has 0 radical (unpaired) electrons. The summed E-state index contributed by atoms with van der Waals surface area (Å²) in [6.45, 7) is 4.67. The van der Waals surface area contributed by atoms with Gasteiger partial charge in [-0.3, -0.25) is 0 Å². The molecule has 0 spiro atoms. The number of carbonyl (C=O) groups excluding carboxylic acids is 1. The molecule has 1 aromatic rings. The molecule has 0 heterocycles. The SMILES string of the molecule is COC(=O)OC1CCC2C3C(C)Cc4cc(O)ccc4C3CCC12C. The highest BCUT2D eigenvalue weighted by Gasteiger charge is 2.57. The van der Waals surface area contributed by atoms with Crippen molar-refractivity contribution >= 4 is 6.16 Å². The maximum absolute atomic E-state index is 11.7. The van der Waals surface area contributed by atoms with Gasteiger partial charge in [0.05, 0.1) is 7.11 Å². The summed E-state index contributed by atoms with van der Waals surface area (Å²) in [5.74, 6) is 2.73. The Morgan fingerprint density at radius 1 is 1.28 bits per heavy atom. The lowest BCUT2D eigenvalue weighted by Gasteiger charge is -2.52. The van der Waals surface area contributed by atoms with Crippen LogP contribution in [-0.4, -0.2) is 24.5 Å². The lowest BCUT2D eigenvalue weighted by Crippen LogP contribution is -2.47. The lowest BCUT2D eigenvalue weighted by molar-refractivity contribution is -0.0579. The highest BCUT2D eigenvalue weighted by atomic mass is 16.7. The van der Waals surface area contributed by atoms with Crippen molar-refractivity contribution in [1.29, 1.82) is 0 Å². The van der Waals surface area contributed by atoms with Crippen molar-refractivity contribution in [2.45, 2.75) is 58.0 Å². The first kappa shape index (κ1) is 16.7. The van der Waals surface area contributed by atoms with E-state index in [0.717, 1.165) is 32.1 Å². The van der Waals surface area contributed by atoms with Gasteiger partial charge in [-0.15, -0.1) is 0 Å². The molecule has 0 aliphatic heterocycles. The number of aromatic hydroxyl groups is 1. The molecule has 4 nitrogen and oxygen atoms in total. The van der Waals surface area contributed by atoms with Crippen LogP contribution < -0.4 is 0 Å². The van der Waals surface area contributed by atoms with Crippen LogP contribution in [0.5, 0.6) is 5.75 Å². The minimum atomic E-state index is -0.550. The normalized spacial score (nSPS) is 39.1. The third-order valence-corrected chi connectivity index (χ3v) is 7.38. The van der Waals surface area contributed by atoms with Gasteiger partial charge in [-0.1, -0.05) is 19.9 Å². The average molecular weight is 344 g/mol. The number of rotatable bonds is 1. The van der Waals surface area contributed by atoms with Crippen LogP contribution >= 0.6 is 0 Å². The van der Waals surface area contributed by atoms with E-state index in [9.17, 15) is 9.90 Å². The zero-order valence-electron chi connectivity index (χ0n) is 15.3. The minimum absolute atomic E-state index is 0.0284. The Morgan fingerprint density at radius 2 is 2.08 bits per heavy atom. The molecule has 0 amide bonds. The van der Waals surface area contributed by atoms with Crippen molar-refractivity contribution in [2.24, 2.45) is 23.2 Å². The molecule has 1 aromatic carbocycles. The van der Waals surface area contributed by atoms with Crippen molar-refractivity contribution < 1.29 is 19.4 Å².